The Morgan fingerprint density at radius 3 is 2.27 bits per heavy atom. The van der Waals surface area contributed by atoms with Gasteiger partial charge in [0, 0.05) is 51.7 Å². The molecule has 0 spiro atoms. The second kappa shape index (κ2) is 14.4. The molecule has 0 saturated heterocycles. The van der Waals surface area contributed by atoms with Gasteiger partial charge >= 0.3 is 0 Å². The maximum absolute atomic E-state index is 12.8. The number of carbonyl (C=O) groups is 1. The van der Waals surface area contributed by atoms with E-state index in [9.17, 15) is 15.0 Å². The number of rotatable bonds is 4. The minimum atomic E-state index is -0.881. The van der Waals surface area contributed by atoms with Crippen molar-refractivity contribution in [3.63, 3.8) is 0 Å². The van der Waals surface area contributed by atoms with E-state index in [2.05, 4.69) is 12.2 Å². The Hall–Kier alpha value is -2.49. The number of hydrogen-bond acceptors (Lipinski definition) is 7. The molecule has 2 bridgehead atoms. The van der Waals surface area contributed by atoms with Gasteiger partial charge in [0.2, 0.25) is 0 Å². The third kappa shape index (κ3) is 8.25. The SMILES string of the molecule is CO[C@H]1[C@@H](OC)C[C@H](C)[C@@H](OC)c2cc(O)cc(c2)NC(=O)C(C)=CC=C[C@H](OC)[C@@H](O)C(C)=C[C@@H]1C. The van der Waals surface area contributed by atoms with Crippen molar-refractivity contribution in [3.8, 4) is 5.75 Å². The Morgan fingerprint density at radius 2 is 1.68 bits per heavy atom. The van der Waals surface area contributed by atoms with Gasteiger partial charge in [-0.15, -0.1) is 0 Å². The Labute approximate surface area is 221 Å². The molecule has 37 heavy (non-hydrogen) atoms. The zero-order valence-electron chi connectivity index (χ0n) is 23.2. The molecular formula is C29H43NO7. The number of benzene rings is 1. The van der Waals surface area contributed by atoms with E-state index in [1.165, 1.54) is 13.2 Å². The van der Waals surface area contributed by atoms with E-state index < -0.39 is 12.2 Å². The van der Waals surface area contributed by atoms with Crippen LogP contribution in [0.25, 0.3) is 0 Å². The minimum absolute atomic E-state index is 0.0217. The number of carbonyl (C=O) groups excluding carboxylic acids is 1. The first-order chi connectivity index (χ1) is 17.6. The van der Waals surface area contributed by atoms with Gasteiger partial charge in [-0.05, 0) is 49.5 Å². The second-order valence-corrected chi connectivity index (χ2v) is 9.76. The molecule has 7 atom stereocenters. The summed E-state index contributed by atoms with van der Waals surface area (Å²) < 4.78 is 23.1. The summed E-state index contributed by atoms with van der Waals surface area (Å²) >= 11 is 0. The molecule has 1 aliphatic rings. The van der Waals surface area contributed by atoms with Crippen LogP contribution in [0.4, 0.5) is 5.69 Å². The quantitative estimate of drug-likeness (QED) is 0.503. The second-order valence-electron chi connectivity index (χ2n) is 9.76. The van der Waals surface area contributed by atoms with Crippen LogP contribution in [0.1, 0.15) is 45.8 Å². The van der Waals surface area contributed by atoms with Gasteiger partial charge in [0.1, 0.15) is 18.0 Å². The van der Waals surface area contributed by atoms with Crippen LogP contribution in [0.15, 0.2) is 53.6 Å². The number of amides is 1. The lowest BCUT2D eigenvalue weighted by molar-refractivity contribution is -0.112. The Kier molecular flexibility index (Phi) is 12.0. The predicted molar refractivity (Wildman–Crippen MR) is 144 cm³/mol. The van der Waals surface area contributed by atoms with E-state index in [1.807, 2.05) is 19.9 Å². The average molecular weight is 518 g/mol. The van der Waals surface area contributed by atoms with Crippen LogP contribution in [-0.2, 0) is 23.7 Å². The van der Waals surface area contributed by atoms with E-state index in [0.717, 1.165) is 11.1 Å². The van der Waals surface area contributed by atoms with Crippen LogP contribution >= 0.6 is 0 Å². The molecule has 8 nitrogen and oxygen atoms in total. The van der Waals surface area contributed by atoms with Gasteiger partial charge < -0.3 is 34.5 Å². The molecule has 3 N–H and O–H groups in total. The van der Waals surface area contributed by atoms with Gasteiger partial charge in [-0.2, -0.15) is 0 Å². The molecule has 0 unspecified atom stereocenters. The molecule has 0 radical (unpaired) electrons. The van der Waals surface area contributed by atoms with E-state index in [0.29, 0.717) is 17.7 Å². The summed E-state index contributed by atoms with van der Waals surface area (Å²) in [7, 11) is 6.46. The Bertz CT molecular complexity index is 986. The van der Waals surface area contributed by atoms with Crippen LogP contribution < -0.4 is 5.32 Å². The van der Waals surface area contributed by atoms with Crippen molar-refractivity contribution >= 4 is 11.6 Å². The van der Waals surface area contributed by atoms with Gasteiger partial charge in [-0.25, -0.2) is 0 Å². The largest absolute Gasteiger partial charge is 0.508 e. The number of phenolic OH excluding ortho intramolecular Hbond substituents is 1. The lowest BCUT2D eigenvalue weighted by Crippen LogP contribution is -2.37. The third-order valence-corrected chi connectivity index (χ3v) is 6.94. The molecule has 206 valence electrons. The molecule has 8 heteroatoms. The summed E-state index contributed by atoms with van der Waals surface area (Å²) in [4.78, 5) is 12.8. The highest BCUT2D eigenvalue weighted by molar-refractivity contribution is 6.03. The predicted octanol–water partition coefficient (Wildman–Crippen LogP) is 4.55. The Morgan fingerprint density at radius 1 is 0.973 bits per heavy atom. The maximum atomic E-state index is 12.8. The van der Waals surface area contributed by atoms with E-state index >= 15 is 0 Å². The van der Waals surface area contributed by atoms with E-state index in [4.69, 9.17) is 18.9 Å². The zero-order valence-corrected chi connectivity index (χ0v) is 23.2. The fourth-order valence-corrected chi connectivity index (χ4v) is 4.92. The zero-order chi connectivity index (χ0) is 27.7. The number of allylic oxidation sites excluding steroid dienone is 2. The molecule has 0 fully saturated rings. The van der Waals surface area contributed by atoms with Gasteiger partial charge in [-0.1, -0.05) is 38.2 Å². The van der Waals surface area contributed by atoms with Crippen molar-refractivity contribution in [2.24, 2.45) is 11.8 Å². The van der Waals surface area contributed by atoms with Crippen molar-refractivity contribution in [1.29, 1.82) is 0 Å². The van der Waals surface area contributed by atoms with Crippen molar-refractivity contribution < 1.29 is 34.0 Å². The van der Waals surface area contributed by atoms with Gasteiger partial charge in [0.05, 0.1) is 18.3 Å². The normalized spacial score (nSPS) is 30.4. The highest BCUT2D eigenvalue weighted by atomic mass is 16.5. The molecule has 0 aliphatic carbocycles. The molecular weight excluding hydrogens is 474 g/mol. The average Bonchev–Trinajstić information content (AvgIpc) is 2.85. The summed E-state index contributed by atoms with van der Waals surface area (Å²) in [6, 6.07) is 4.95. The first kappa shape index (κ1) is 30.7. The number of fused-ring (bicyclic) bond motifs is 2. The fourth-order valence-electron chi connectivity index (χ4n) is 4.92. The van der Waals surface area contributed by atoms with Crippen molar-refractivity contribution in [3.05, 3.63) is 59.2 Å². The molecule has 1 amide bonds. The van der Waals surface area contributed by atoms with E-state index in [-0.39, 0.29) is 41.8 Å². The van der Waals surface area contributed by atoms with Gasteiger partial charge in [0.15, 0.2) is 0 Å². The number of hydrogen-bond donors (Lipinski definition) is 3. The number of anilines is 1. The standard InChI is InChI=1S/C29H43NO7/c1-17-10-9-11-24(34-5)26(32)18(2)12-19(3)28(37-8)25(35-6)13-20(4)27(36-7)21-14-22(30-29(17)33)16-23(31)15-21/h9-12,14-16,19-20,24-28,31-32H,13H2,1-8H3,(H,30,33)/t19-,20-,24-,25-,26-,27+,28+/m0/s1. The van der Waals surface area contributed by atoms with Crippen LogP contribution in [0.3, 0.4) is 0 Å². The monoisotopic (exact) mass is 517 g/mol. The van der Waals surface area contributed by atoms with Crippen LogP contribution in [0.2, 0.25) is 0 Å². The number of ether oxygens (including phenoxy) is 4. The summed E-state index contributed by atoms with van der Waals surface area (Å²) in [6.45, 7) is 7.62. The first-order valence-corrected chi connectivity index (χ1v) is 12.5. The molecule has 2 rings (SSSR count). The van der Waals surface area contributed by atoms with E-state index in [1.54, 1.807) is 58.6 Å². The fraction of sp³-hybridized carbons (Fsp3) is 0.552. The van der Waals surface area contributed by atoms with Crippen molar-refractivity contribution in [1.82, 2.24) is 0 Å². The lowest BCUT2D eigenvalue weighted by atomic mass is 9.86. The summed E-state index contributed by atoms with van der Waals surface area (Å²) in [5.74, 6) is -0.383. The smallest absolute Gasteiger partial charge is 0.251 e. The molecule has 1 aromatic carbocycles. The number of nitrogens with one attached hydrogen (secondary N) is 1. The summed E-state index contributed by atoms with van der Waals surface area (Å²) in [6.07, 6.45) is 5.24. The minimum Gasteiger partial charge on any atom is -0.508 e. The summed E-state index contributed by atoms with van der Waals surface area (Å²) in [5.41, 5.74) is 2.39. The number of aliphatic hydroxyl groups excluding tert-OH is 1. The number of methoxy groups -OCH3 is 4. The number of aromatic hydroxyl groups is 1. The first-order valence-electron chi connectivity index (χ1n) is 12.5. The van der Waals surface area contributed by atoms with Crippen molar-refractivity contribution in [2.45, 2.75) is 64.6 Å². The van der Waals surface area contributed by atoms with Gasteiger partial charge in [-0.3, -0.25) is 4.79 Å². The topological polar surface area (TPSA) is 106 Å². The molecule has 0 aromatic heterocycles. The maximum Gasteiger partial charge on any atom is 0.251 e. The number of phenols is 1. The summed E-state index contributed by atoms with van der Waals surface area (Å²) in [5, 5.41) is 24.2. The molecule has 1 aliphatic heterocycles. The van der Waals surface area contributed by atoms with Crippen molar-refractivity contribution in [2.75, 3.05) is 33.8 Å². The molecule has 0 saturated carbocycles. The van der Waals surface area contributed by atoms with Crippen LogP contribution in [0.5, 0.6) is 5.75 Å². The highest BCUT2D eigenvalue weighted by Crippen LogP contribution is 2.35. The Balaban J connectivity index is 2.58. The molecule has 1 heterocycles. The van der Waals surface area contributed by atoms with Crippen LogP contribution in [0, 0.1) is 11.8 Å². The highest BCUT2D eigenvalue weighted by Gasteiger charge is 2.31. The third-order valence-electron chi connectivity index (χ3n) is 6.94. The van der Waals surface area contributed by atoms with Crippen LogP contribution in [-0.4, -0.2) is 69.0 Å². The number of aliphatic hydroxyl groups is 1. The molecule has 1 aromatic rings. The lowest BCUT2D eigenvalue weighted by Gasteiger charge is -2.33. The van der Waals surface area contributed by atoms with Gasteiger partial charge in [0.25, 0.3) is 5.91 Å².